The monoisotopic (exact) mass is 256 g/mol. The van der Waals surface area contributed by atoms with E-state index in [0.717, 1.165) is 41.4 Å². The van der Waals surface area contributed by atoms with E-state index in [1.165, 1.54) is 5.56 Å². The van der Waals surface area contributed by atoms with Crippen LogP contribution in [0.4, 0.5) is 5.82 Å². The molecule has 2 rings (SSSR count). The Kier molecular flexibility index (Phi) is 4.10. The molecule has 2 aromatic heterocycles. The minimum Gasteiger partial charge on any atom is -0.370 e. The first-order valence-electron chi connectivity index (χ1n) is 6.69. The summed E-state index contributed by atoms with van der Waals surface area (Å²) in [6, 6.07) is 1.98. The molecule has 0 atom stereocenters. The SMILES string of the molecule is CCNc1nc(-c2ccncc2CC)nc(C)c1C. The van der Waals surface area contributed by atoms with Crippen LogP contribution in [-0.2, 0) is 6.42 Å². The van der Waals surface area contributed by atoms with E-state index in [-0.39, 0.29) is 0 Å². The number of rotatable bonds is 4. The third kappa shape index (κ3) is 2.72. The summed E-state index contributed by atoms with van der Waals surface area (Å²) in [6.07, 6.45) is 4.61. The summed E-state index contributed by atoms with van der Waals surface area (Å²) in [5.74, 6) is 1.70. The second-order valence-corrected chi connectivity index (χ2v) is 4.52. The molecule has 2 aromatic rings. The largest absolute Gasteiger partial charge is 0.370 e. The molecule has 2 heterocycles. The fourth-order valence-electron chi connectivity index (χ4n) is 2.02. The standard InChI is InChI=1S/C15H20N4/c1-5-12-9-16-8-7-13(12)15-18-11(4)10(3)14(19-15)17-6-2/h7-9H,5-6H2,1-4H3,(H,17,18,19). The molecule has 0 radical (unpaired) electrons. The van der Waals surface area contributed by atoms with Gasteiger partial charge < -0.3 is 5.32 Å². The van der Waals surface area contributed by atoms with Crippen molar-refractivity contribution in [3.05, 3.63) is 35.3 Å². The van der Waals surface area contributed by atoms with Gasteiger partial charge in [0, 0.05) is 35.8 Å². The fraction of sp³-hybridized carbons (Fsp3) is 0.400. The number of aromatic nitrogens is 3. The zero-order valence-electron chi connectivity index (χ0n) is 12.0. The van der Waals surface area contributed by atoms with Gasteiger partial charge in [0.05, 0.1) is 0 Å². The van der Waals surface area contributed by atoms with Gasteiger partial charge in [-0.25, -0.2) is 9.97 Å². The summed E-state index contributed by atoms with van der Waals surface area (Å²) < 4.78 is 0. The van der Waals surface area contributed by atoms with E-state index in [2.05, 4.69) is 34.1 Å². The summed E-state index contributed by atoms with van der Waals surface area (Å²) >= 11 is 0. The number of anilines is 1. The molecule has 4 heteroatoms. The van der Waals surface area contributed by atoms with E-state index in [1.807, 2.05) is 26.1 Å². The van der Waals surface area contributed by atoms with Crippen LogP contribution < -0.4 is 5.32 Å². The lowest BCUT2D eigenvalue weighted by atomic mass is 10.1. The van der Waals surface area contributed by atoms with E-state index in [1.54, 1.807) is 6.20 Å². The molecule has 0 aromatic carbocycles. The Balaban J connectivity index is 2.56. The molecule has 100 valence electrons. The first kappa shape index (κ1) is 13.5. The molecule has 0 aliphatic rings. The Labute approximate surface area is 114 Å². The highest BCUT2D eigenvalue weighted by Gasteiger charge is 2.11. The van der Waals surface area contributed by atoms with Gasteiger partial charge in [0.15, 0.2) is 5.82 Å². The van der Waals surface area contributed by atoms with Gasteiger partial charge in [0.2, 0.25) is 0 Å². The molecular formula is C15H20N4. The zero-order valence-corrected chi connectivity index (χ0v) is 12.0. The Hall–Kier alpha value is -1.97. The summed E-state index contributed by atoms with van der Waals surface area (Å²) in [7, 11) is 0. The maximum absolute atomic E-state index is 4.65. The van der Waals surface area contributed by atoms with Crippen molar-refractivity contribution in [2.75, 3.05) is 11.9 Å². The summed E-state index contributed by atoms with van der Waals surface area (Å²) in [6.45, 7) is 9.11. The van der Waals surface area contributed by atoms with Crippen LogP contribution in [-0.4, -0.2) is 21.5 Å². The van der Waals surface area contributed by atoms with Gasteiger partial charge in [-0.15, -0.1) is 0 Å². The quantitative estimate of drug-likeness (QED) is 0.913. The third-order valence-electron chi connectivity index (χ3n) is 3.26. The number of pyridine rings is 1. The second kappa shape index (κ2) is 5.78. The molecule has 0 saturated carbocycles. The van der Waals surface area contributed by atoms with E-state index < -0.39 is 0 Å². The number of aryl methyl sites for hydroxylation is 2. The maximum atomic E-state index is 4.65. The second-order valence-electron chi connectivity index (χ2n) is 4.52. The van der Waals surface area contributed by atoms with E-state index in [9.17, 15) is 0 Å². The molecule has 0 spiro atoms. The first-order valence-corrected chi connectivity index (χ1v) is 6.69. The average Bonchev–Trinajstić information content (AvgIpc) is 2.43. The molecule has 19 heavy (non-hydrogen) atoms. The molecule has 0 bridgehead atoms. The van der Waals surface area contributed by atoms with Crippen LogP contribution in [0, 0.1) is 13.8 Å². The van der Waals surface area contributed by atoms with Gasteiger partial charge in [0.25, 0.3) is 0 Å². The highest BCUT2D eigenvalue weighted by Crippen LogP contribution is 2.24. The Bertz CT molecular complexity index is 578. The molecular weight excluding hydrogens is 236 g/mol. The minimum absolute atomic E-state index is 0.776. The van der Waals surface area contributed by atoms with Crippen LogP contribution >= 0.6 is 0 Å². The Morgan fingerprint density at radius 3 is 2.63 bits per heavy atom. The normalized spacial score (nSPS) is 10.5. The molecule has 0 aliphatic heterocycles. The van der Waals surface area contributed by atoms with E-state index >= 15 is 0 Å². The van der Waals surface area contributed by atoms with Crippen LogP contribution in [0.2, 0.25) is 0 Å². The zero-order chi connectivity index (χ0) is 13.8. The first-order chi connectivity index (χ1) is 9.17. The van der Waals surface area contributed by atoms with Crippen molar-refractivity contribution < 1.29 is 0 Å². The minimum atomic E-state index is 0.776. The van der Waals surface area contributed by atoms with E-state index in [0.29, 0.717) is 0 Å². The Morgan fingerprint density at radius 2 is 1.95 bits per heavy atom. The lowest BCUT2D eigenvalue weighted by molar-refractivity contribution is 1.03. The smallest absolute Gasteiger partial charge is 0.162 e. The van der Waals surface area contributed by atoms with Crippen molar-refractivity contribution in [3.63, 3.8) is 0 Å². The molecule has 0 fully saturated rings. The molecule has 0 amide bonds. The van der Waals surface area contributed by atoms with Crippen LogP contribution in [0.1, 0.15) is 30.7 Å². The number of nitrogens with zero attached hydrogens (tertiary/aromatic N) is 3. The number of hydrogen-bond acceptors (Lipinski definition) is 4. The van der Waals surface area contributed by atoms with Crippen molar-refractivity contribution in [1.29, 1.82) is 0 Å². The van der Waals surface area contributed by atoms with Crippen molar-refractivity contribution in [2.45, 2.75) is 34.1 Å². The molecule has 0 unspecified atom stereocenters. The lowest BCUT2D eigenvalue weighted by Gasteiger charge is -2.12. The van der Waals surface area contributed by atoms with Gasteiger partial charge in [-0.1, -0.05) is 6.92 Å². The van der Waals surface area contributed by atoms with Crippen LogP contribution in [0.25, 0.3) is 11.4 Å². The van der Waals surface area contributed by atoms with Crippen molar-refractivity contribution in [2.24, 2.45) is 0 Å². The number of nitrogens with one attached hydrogen (secondary N) is 1. The van der Waals surface area contributed by atoms with Gasteiger partial charge >= 0.3 is 0 Å². The Morgan fingerprint density at radius 1 is 1.16 bits per heavy atom. The molecule has 4 nitrogen and oxygen atoms in total. The lowest BCUT2D eigenvalue weighted by Crippen LogP contribution is -2.06. The molecule has 0 aliphatic carbocycles. The van der Waals surface area contributed by atoms with Crippen molar-refractivity contribution in [1.82, 2.24) is 15.0 Å². The fourth-order valence-corrected chi connectivity index (χ4v) is 2.02. The predicted molar refractivity (Wildman–Crippen MR) is 78.3 cm³/mol. The van der Waals surface area contributed by atoms with Crippen LogP contribution in [0.3, 0.4) is 0 Å². The molecule has 1 N–H and O–H groups in total. The van der Waals surface area contributed by atoms with Gasteiger partial charge in [-0.05, 0) is 38.8 Å². The summed E-state index contributed by atoms with van der Waals surface area (Å²) in [4.78, 5) is 13.4. The van der Waals surface area contributed by atoms with Crippen molar-refractivity contribution >= 4 is 5.82 Å². The average molecular weight is 256 g/mol. The molecule has 0 saturated heterocycles. The van der Waals surface area contributed by atoms with Gasteiger partial charge in [-0.2, -0.15) is 0 Å². The summed E-state index contributed by atoms with van der Waals surface area (Å²) in [5.41, 5.74) is 4.37. The maximum Gasteiger partial charge on any atom is 0.162 e. The predicted octanol–water partition coefficient (Wildman–Crippen LogP) is 3.15. The number of hydrogen-bond donors (Lipinski definition) is 1. The highest BCUT2D eigenvalue weighted by atomic mass is 15.0. The van der Waals surface area contributed by atoms with Crippen molar-refractivity contribution in [3.8, 4) is 11.4 Å². The summed E-state index contributed by atoms with van der Waals surface area (Å²) in [5, 5.41) is 3.30. The topological polar surface area (TPSA) is 50.7 Å². The van der Waals surface area contributed by atoms with Crippen LogP contribution in [0.5, 0.6) is 0 Å². The van der Waals surface area contributed by atoms with Gasteiger partial charge in [-0.3, -0.25) is 4.98 Å². The highest BCUT2D eigenvalue weighted by molar-refractivity contribution is 5.62. The van der Waals surface area contributed by atoms with E-state index in [4.69, 9.17) is 0 Å². The third-order valence-corrected chi connectivity index (χ3v) is 3.26. The van der Waals surface area contributed by atoms with Gasteiger partial charge in [0.1, 0.15) is 5.82 Å². The van der Waals surface area contributed by atoms with Crippen LogP contribution in [0.15, 0.2) is 18.5 Å².